The number of ether oxygens (including phenoxy) is 1. The maximum absolute atomic E-state index is 10.8. The maximum atomic E-state index is 10.8. The van der Waals surface area contributed by atoms with E-state index in [1.807, 2.05) is 30.3 Å². The Kier molecular flexibility index (Phi) is 2.72. The van der Waals surface area contributed by atoms with E-state index in [4.69, 9.17) is 4.74 Å². The third-order valence-electron chi connectivity index (χ3n) is 2.56. The van der Waals surface area contributed by atoms with Crippen LogP contribution in [0.25, 0.3) is 10.8 Å². The van der Waals surface area contributed by atoms with Gasteiger partial charge in [-0.05, 0) is 34.8 Å². The summed E-state index contributed by atoms with van der Waals surface area (Å²) in [4.78, 5) is 10.8. The van der Waals surface area contributed by atoms with Crippen molar-refractivity contribution in [3.63, 3.8) is 0 Å². The number of fused-ring (bicyclic) bond motifs is 1. The van der Waals surface area contributed by atoms with Gasteiger partial charge in [-0.1, -0.05) is 6.07 Å². The minimum Gasteiger partial charge on any atom is -0.497 e. The van der Waals surface area contributed by atoms with Gasteiger partial charge in [0.1, 0.15) is 11.4 Å². The first-order valence-corrected chi connectivity index (χ1v) is 4.92. The second-order valence-corrected chi connectivity index (χ2v) is 3.39. The monoisotopic (exact) mass is 216 g/mol. The van der Waals surface area contributed by atoms with E-state index in [1.165, 1.54) is 0 Å². The Bertz CT molecular complexity index is 538. The van der Waals surface area contributed by atoms with Crippen LogP contribution < -0.4 is 10.1 Å². The number of nitrogens with one attached hydrogen (secondary N) is 1. The van der Waals surface area contributed by atoms with Crippen molar-refractivity contribution in [3.8, 4) is 5.75 Å². The van der Waals surface area contributed by atoms with E-state index >= 15 is 0 Å². The third-order valence-corrected chi connectivity index (χ3v) is 2.56. The molecule has 1 N–H and O–H groups in total. The molecule has 0 saturated carbocycles. The lowest BCUT2D eigenvalue weighted by Gasteiger charge is -2.07. The van der Waals surface area contributed by atoms with Crippen molar-refractivity contribution in [3.05, 3.63) is 35.2 Å². The lowest BCUT2D eigenvalue weighted by molar-refractivity contribution is 0.415. The van der Waals surface area contributed by atoms with E-state index in [0.29, 0.717) is 5.69 Å². The molecular weight excluding hydrogens is 204 g/mol. The van der Waals surface area contributed by atoms with Gasteiger partial charge in [0.2, 0.25) is 0 Å². The van der Waals surface area contributed by atoms with Crippen molar-refractivity contribution in [2.24, 2.45) is 5.18 Å². The van der Waals surface area contributed by atoms with Gasteiger partial charge in [-0.25, -0.2) is 0 Å². The van der Waals surface area contributed by atoms with E-state index in [2.05, 4.69) is 10.5 Å². The molecule has 0 unspecified atom stereocenters. The molecule has 4 nitrogen and oxygen atoms in total. The predicted octanol–water partition coefficient (Wildman–Crippen LogP) is 3.29. The highest BCUT2D eigenvalue weighted by Gasteiger charge is 2.07. The Morgan fingerprint density at radius 2 is 2.06 bits per heavy atom. The zero-order chi connectivity index (χ0) is 11.5. The van der Waals surface area contributed by atoms with Crippen LogP contribution in [-0.4, -0.2) is 14.2 Å². The average Bonchev–Trinajstić information content (AvgIpc) is 2.36. The van der Waals surface area contributed by atoms with Crippen LogP contribution in [0.15, 0.2) is 35.5 Å². The third kappa shape index (κ3) is 1.58. The van der Waals surface area contributed by atoms with Gasteiger partial charge in [-0.15, -0.1) is 4.91 Å². The van der Waals surface area contributed by atoms with Crippen LogP contribution in [0.1, 0.15) is 0 Å². The van der Waals surface area contributed by atoms with Gasteiger partial charge in [0.25, 0.3) is 0 Å². The molecule has 0 saturated heterocycles. The number of hydrogen-bond donors (Lipinski definition) is 1. The molecule has 0 amide bonds. The van der Waals surface area contributed by atoms with Crippen molar-refractivity contribution < 1.29 is 4.74 Å². The first kappa shape index (κ1) is 10.4. The number of rotatable bonds is 3. The summed E-state index contributed by atoms with van der Waals surface area (Å²) >= 11 is 0. The van der Waals surface area contributed by atoms with Gasteiger partial charge in [-0.2, -0.15) is 0 Å². The molecule has 0 fully saturated rings. The quantitative estimate of drug-likeness (QED) is 0.801. The van der Waals surface area contributed by atoms with Crippen molar-refractivity contribution in [2.45, 2.75) is 0 Å². The van der Waals surface area contributed by atoms with Crippen molar-refractivity contribution in [1.29, 1.82) is 0 Å². The molecule has 0 aliphatic rings. The maximum Gasteiger partial charge on any atom is 0.138 e. The SMILES string of the molecule is CNc1ccc2cc(OC)ccc2c1N=O. The molecule has 2 aromatic carbocycles. The Labute approximate surface area is 93.2 Å². The fourth-order valence-corrected chi connectivity index (χ4v) is 1.72. The molecule has 0 aromatic heterocycles. The van der Waals surface area contributed by atoms with Gasteiger partial charge < -0.3 is 10.1 Å². The van der Waals surface area contributed by atoms with Crippen LogP contribution >= 0.6 is 0 Å². The number of methoxy groups -OCH3 is 1. The lowest BCUT2D eigenvalue weighted by atomic mass is 10.1. The lowest BCUT2D eigenvalue weighted by Crippen LogP contribution is -1.89. The summed E-state index contributed by atoms with van der Waals surface area (Å²) in [6, 6.07) is 9.29. The second-order valence-electron chi connectivity index (χ2n) is 3.39. The molecule has 16 heavy (non-hydrogen) atoms. The Balaban J connectivity index is 2.74. The van der Waals surface area contributed by atoms with Gasteiger partial charge in [0.15, 0.2) is 0 Å². The van der Waals surface area contributed by atoms with Crippen LogP contribution in [-0.2, 0) is 0 Å². The van der Waals surface area contributed by atoms with Crippen LogP contribution in [0.3, 0.4) is 0 Å². The molecule has 82 valence electrons. The summed E-state index contributed by atoms with van der Waals surface area (Å²) < 4.78 is 5.13. The predicted molar refractivity (Wildman–Crippen MR) is 65.5 cm³/mol. The fraction of sp³-hybridized carbons (Fsp3) is 0.167. The molecule has 4 heteroatoms. The van der Waals surface area contributed by atoms with Crippen LogP contribution in [0.4, 0.5) is 11.4 Å². The molecule has 0 radical (unpaired) electrons. The zero-order valence-corrected chi connectivity index (χ0v) is 9.15. The summed E-state index contributed by atoms with van der Waals surface area (Å²) in [5.41, 5.74) is 1.16. The van der Waals surface area contributed by atoms with Crippen LogP contribution in [0, 0.1) is 4.91 Å². The number of nitroso groups, excluding NO2 is 1. The number of hydrogen-bond acceptors (Lipinski definition) is 4. The van der Waals surface area contributed by atoms with Crippen LogP contribution in [0.5, 0.6) is 5.75 Å². The number of benzene rings is 2. The Morgan fingerprint density at radius 3 is 2.69 bits per heavy atom. The first-order chi connectivity index (χ1) is 7.80. The molecular formula is C12H12N2O2. The van der Waals surface area contributed by atoms with Gasteiger partial charge in [0, 0.05) is 12.4 Å². The largest absolute Gasteiger partial charge is 0.497 e. The van der Waals surface area contributed by atoms with Crippen molar-refractivity contribution in [2.75, 3.05) is 19.5 Å². The highest BCUT2D eigenvalue weighted by atomic mass is 16.5. The second kappa shape index (κ2) is 4.18. The molecule has 0 bridgehead atoms. The Morgan fingerprint density at radius 1 is 1.25 bits per heavy atom. The smallest absolute Gasteiger partial charge is 0.138 e. The molecule has 0 heterocycles. The van der Waals surface area contributed by atoms with E-state index in [1.54, 1.807) is 14.2 Å². The molecule has 0 atom stereocenters. The highest BCUT2D eigenvalue weighted by Crippen LogP contribution is 2.35. The topological polar surface area (TPSA) is 50.7 Å². The standard InChI is InChI=1S/C12H12N2O2/c1-13-11-6-3-8-7-9(16-2)4-5-10(8)12(11)14-15/h3-7,13H,1-2H3. The zero-order valence-electron chi connectivity index (χ0n) is 9.15. The van der Waals surface area contributed by atoms with Gasteiger partial charge in [0.05, 0.1) is 12.8 Å². The minimum absolute atomic E-state index is 0.433. The average molecular weight is 216 g/mol. The summed E-state index contributed by atoms with van der Waals surface area (Å²) in [5, 5.41) is 7.77. The minimum atomic E-state index is 0.433. The highest BCUT2D eigenvalue weighted by molar-refractivity contribution is 5.99. The van der Waals surface area contributed by atoms with E-state index < -0.39 is 0 Å². The van der Waals surface area contributed by atoms with Gasteiger partial charge in [-0.3, -0.25) is 0 Å². The van der Waals surface area contributed by atoms with E-state index in [0.717, 1.165) is 22.2 Å². The van der Waals surface area contributed by atoms with Crippen LogP contribution in [0.2, 0.25) is 0 Å². The Hall–Kier alpha value is -2.10. The summed E-state index contributed by atoms with van der Waals surface area (Å²) in [5.74, 6) is 0.765. The number of nitrogens with zero attached hydrogens (tertiary/aromatic N) is 1. The van der Waals surface area contributed by atoms with Crippen molar-refractivity contribution >= 4 is 22.1 Å². The summed E-state index contributed by atoms with van der Waals surface area (Å²) in [7, 11) is 3.38. The molecule has 2 rings (SSSR count). The summed E-state index contributed by atoms with van der Waals surface area (Å²) in [6.07, 6.45) is 0. The first-order valence-electron chi connectivity index (χ1n) is 4.92. The number of anilines is 1. The van der Waals surface area contributed by atoms with E-state index in [-0.39, 0.29) is 0 Å². The fourth-order valence-electron chi connectivity index (χ4n) is 1.72. The van der Waals surface area contributed by atoms with E-state index in [9.17, 15) is 4.91 Å². The molecule has 0 aliphatic carbocycles. The molecule has 0 spiro atoms. The normalized spacial score (nSPS) is 10.1. The molecule has 2 aromatic rings. The molecule has 0 aliphatic heterocycles. The van der Waals surface area contributed by atoms with Crippen molar-refractivity contribution in [1.82, 2.24) is 0 Å². The van der Waals surface area contributed by atoms with Gasteiger partial charge >= 0.3 is 0 Å². The summed E-state index contributed by atoms with van der Waals surface area (Å²) in [6.45, 7) is 0.